The maximum Gasteiger partial charge on any atom is 0.0171 e. The van der Waals surface area contributed by atoms with Crippen molar-refractivity contribution < 1.29 is 0 Å². The lowest BCUT2D eigenvalue weighted by Gasteiger charge is -2.50. The monoisotopic (exact) mass is 316 g/mol. The van der Waals surface area contributed by atoms with Crippen molar-refractivity contribution >= 4 is 0 Å². The van der Waals surface area contributed by atoms with Crippen LogP contribution in [0.1, 0.15) is 38.5 Å². The molecule has 23 heavy (non-hydrogen) atoms. The summed E-state index contributed by atoms with van der Waals surface area (Å²) in [7, 11) is 0. The fraction of sp³-hybridized carbons (Fsp3) is 1.00. The first-order valence-corrected chi connectivity index (χ1v) is 10.1. The Hall–Kier alpha value is -0.160. The van der Waals surface area contributed by atoms with Crippen molar-refractivity contribution in [3.63, 3.8) is 0 Å². The zero-order chi connectivity index (χ0) is 15.1. The minimum atomic E-state index is 0.681. The number of hydrogen-bond acceptors (Lipinski definition) is 4. The van der Waals surface area contributed by atoms with Crippen LogP contribution in [-0.4, -0.2) is 74.2 Å². The largest absolute Gasteiger partial charge is 0.316 e. The Labute approximate surface area is 140 Å². The molecule has 0 aromatic carbocycles. The van der Waals surface area contributed by atoms with Crippen LogP contribution in [0.25, 0.3) is 0 Å². The Morgan fingerprint density at radius 2 is 1.52 bits per heavy atom. The van der Waals surface area contributed by atoms with E-state index in [4.69, 9.17) is 0 Å². The van der Waals surface area contributed by atoms with Crippen LogP contribution in [-0.2, 0) is 0 Å². The van der Waals surface area contributed by atoms with Gasteiger partial charge in [0.1, 0.15) is 0 Å². The van der Waals surface area contributed by atoms with Gasteiger partial charge >= 0.3 is 0 Å². The van der Waals surface area contributed by atoms with E-state index >= 15 is 0 Å². The molecule has 4 aliphatic heterocycles. The standard InChI is InChI=1S/C19H32N4/c1-4-20-12-19(1)9-16(19)23-6-2-17(13-23)7-15(8-17)22-5-3-18(14-22)10-21-11-18/h15-16,20-21H,1-14H2. The number of nitrogens with zero attached hydrogens (tertiary/aromatic N) is 2. The highest BCUT2D eigenvalue weighted by atomic mass is 15.3. The van der Waals surface area contributed by atoms with Crippen LogP contribution in [0, 0.1) is 16.2 Å². The van der Waals surface area contributed by atoms with Gasteiger partial charge in [-0.1, -0.05) is 0 Å². The molecule has 3 spiro atoms. The Kier molecular flexibility index (Phi) is 2.76. The van der Waals surface area contributed by atoms with E-state index in [1.165, 1.54) is 90.9 Å². The highest BCUT2D eigenvalue weighted by Crippen LogP contribution is 2.58. The third kappa shape index (κ3) is 1.98. The summed E-state index contributed by atoms with van der Waals surface area (Å²) in [6, 6.07) is 1.86. The second kappa shape index (κ2) is 4.51. The zero-order valence-corrected chi connectivity index (χ0v) is 14.4. The maximum absolute atomic E-state index is 3.60. The van der Waals surface area contributed by atoms with E-state index in [1.807, 2.05) is 0 Å². The molecule has 6 fully saturated rings. The SMILES string of the molecule is C1CC2(CN1)CC2N1CCC2(CC(N3CCC4(CNC4)C3)C2)C1. The van der Waals surface area contributed by atoms with Gasteiger partial charge in [0, 0.05) is 55.6 Å². The van der Waals surface area contributed by atoms with Gasteiger partial charge in [-0.2, -0.15) is 0 Å². The fourth-order valence-corrected chi connectivity index (χ4v) is 6.88. The zero-order valence-electron chi connectivity index (χ0n) is 14.4. The van der Waals surface area contributed by atoms with E-state index in [9.17, 15) is 0 Å². The Morgan fingerprint density at radius 3 is 2.22 bits per heavy atom. The molecule has 6 rings (SSSR count). The molecule has 2 N–H and O–H groups in total. The summed E-state index contributed by atoms with van der Waals surface area (Å²) in [4.78, 5) is 5.75. The topological polar surface area (TPSA) is 30.5 Å². The third-order valence-electron chi connectivity index (χ3n) is 8.65. The summed E-state index contributed by atoms with van der Waals surface area (Å²) >= 11 is 0. The molecular formula is C19H32N4. The van der Waals surface area contributed by atoms with Crippen molar-refractivity contribution in [1.82, 2.24) is 20.4 Å². The molecule has 0 aromatic rings. The quantitative estimate of drug-likeness (QED) is 0.792. The summed E-state index contributed by atoms with van der Waals surface area (Å²) in [5.41, 5.74) is 2.10. The predicted molar refractivity (Wildman–Crippen MR) is 91.5 cm³/mol. The Morgan fingerprint density at radius 1 is 0.739 bits per heavy atom. The lowest BCUT2D eigenvalue weighted by atomic mass is 9.64. The minimum Gasteiger partial charge on any atom is -0.316 e. The molecule has 4 nitrogen and oxygen atoms in total. The molecule has 2 aliphatic carbocycles. The lowest BCUT2D eigenvalue weighted by Crippen LogP contribution is -2.57. The van der Waals surface area contributed by atoms with Crippen molar-refractivity contribution in [1.29, 1.82) is 0 Å². The van der Waals surface area contributed by atoms with Crippen LogP contribution in [0.2, 0.25) is 0 Å². The van der Waals surface area contributed by atoms with Crippen LogP contribution in [0.3, 0.4) is 0 Å². The molecule has 0 aromatic heterocycles. The van der Waals surface area contributed by atoms with Crippen LogP contribution >= 0.6 is 0 Å². The Balaban J connectivity index is 1.05. The first-order valence-electron chi connectivity index (χ1n) is 10.1. The summed E-state index contributed by atoms with van der Waals surface area (Å²) in [5, 5.41) is 7.10. The van der Waals surface area contributed by atoms with E-state index in [0.29, 0.717) is 16.2 Å². The summed E-state index contributed by atoms with van der Waals surface area (Å²) in [6.45, 7) is 10.7. The van der Waals surface area contributed by atoms with E-state index < -0.39 is 0 Å². The van der Waals surface area contributed by atoms with E-state index in [1.54, 1.807) is 0 Å². The van der Waals surface area contributed by atoms with Crippen LogP contribution in [0.4, 0.5) is 0 Å². The van der Waals surface area contributed by atoms with Crippen LogP contribution in [0.15, 0.2) is 0 Å². The van der Waals surface area contributed by atoms with Gasteiger partial charge in [-0.25, -0.2) is 0 Å². The van der Waals surface area contributed by atoms with Gasteiger partial charge in [-0.15, -0.1) is 0 Å². The van der Waals surface area contributed by atoms with Gasteiger partial charge in [0.25, 0.3) is 0 Å². The smallest absolute Gasteiger partial charge is 0.0171 e. The average molecular weight is 316 g/mol. The average Bonchev–Trinajstić information content (AvgIpc) is 2.95. The van der Waals surface area contributed by atoms with Gasteiger partial charge in [0.2, 0.25) is 0 Å². The molecule has 4 heteroatoms. The number of hydrogen-bond donors (Lipinski definition) is 2. The molecule has 0 amide bonds. The van der Waals surface area contributed by atoms with Crippen LogP contribution < -0.4 is 10.6 Å². The van der Waals surface area contributed by atoms with Crippen molar-refractivity contribution in [2.75, 3.05) is 52.4 Å². The molecule has 6 aliphatic rings. The first kappa shape index (κ1) is 14.1. The predicted octanol–water partition coefficient (Wildman–Crippen LogP) is 0.888. The molecule has 2 atom stereocenters. The second-order valence-corrected chi connectivity index (χ2v) is 10.1. The number of likely N-dealkylation sites (tertiary alicyclic amines) is 2. The molecule has 0 radical (unpaired) electrons. The molecular weight excluding hydrogens is 284 g/mol. The third-order valence-corrected chi connectivity index (χ3v) is 8.65. The first-order chi connectivity index (χ1) is 11.2. The molecule has 2 unspecified atom stereocenters. The molecule has 0 bridgehead atoms. The fourth-order valence-electron chi connectivity index (χ4n) is 6.88. The van der Waals surface area contributed by atoms with Gasteiger partial charge in [-0.05, 0) is 63.6 Å². The Bertz CT molecular complexity index is 501. The number of rotatable bonds is 2. The second-order valence-electron chi connectivity index (χ2n) is 10.1. The highest BCUT2D eigenvalue weighted by molar-refractivity contribution is 5.16. The van der Waals surface area contributed by atoms with E-state index in [0.717, 1.165) is 12.1 Å². The molecule has 2 saturated carbocycles. The van der Waals surface area contributed by atoms with E-state index in [2.05, 4.69) is 20.4 Å². The van der Waals surface area contributed by atoms with Crippen molar-refractivity contribution in [2.45, 2.75) is 50.6 Å². The molecule has 4 heterocycles. The van der Waals surface area contributed by atoms with Crippen molar-refractivity contribution in [3.8, 4) is 0 Å². The van der Waals surface area contributed by atoms with Gasteiger partial charge < -0.3 is 10.6 Å². The van der Waals surface area contributed by atoms with Gasteiger partial charge in [-0.3, -0.25) is 9.80 Å². The highest BCUT2D eigenvalue weighted by Gasteiger charge is 2.61. The summed E-state index contributed by atoms with van der Waals surface area (Å²) < 4.78 is 0. The normalized spacial score (nSPS) is 51.7. The lowest BCUT2D eigenvalue weighted by molar-refractivity contribution is 0.00837. The molecule has 128 valence electrons. The van der Waals surface area contributed by atoms with Gasteiger partial charge in [0.15, 0.2) is 0 Å². The van der Waals surface area contributed by atoms with Crippen molar-refractivity contribution in [2.24, 2.45) is 16.2 Å². The minimum absolute atomic E-state index is 0.681. The summed E-state index contributed by atoms with van der Waals surface area (Å²) in [5.74, 6) is 0. The molecule has 4 saturated heterocycles. The van der Waals surface area contributed by atoms with Crippen molar-refractivity contribution in [3.05, 3.63) is 0 Å². The number of nitrogens with one attached hydrogen (secondary N) is 2. The van der Waals surface area contributed by atoms with Crippen LogP contribution in [0.5, 0.6) is 0 Å². The summed E-state index contributed by atoms with van der Waals surface area (Å²) in [6.07, 6.45) is 8.88. The maximum atomic E-state index is 3.60. The van der Waals surface area contributed by atoms with Gasteiger partial charge in [0.05, 0.1) is 0 Å². The van der Waals surface area contributed by atoms with E-state index in [-0.39, 0.29) is 0 Å².